The van der Waals surface area contributed by atoms with E-state index in [1.165, 1.54) is 11.3 Å². The number of carbonyl (C=O) groups is 1. The summed E-state index contributed by atoms with van der Waals surface area (Å²) in [7, 11) is 1.61. The van der Waals surface area contributed by atoms with Crippen LogP contribution in [0.3, 0.4) is 0 Å². The van der Waals surface area contributed by atoms with Gasteiger partial charge in [-0.25, -0.2) is 9.78 Å². The molecule has 4 aromatic carbocycles. The Bertz CT molecular complexity index is 1570. The molecule has 5 aromatic rings. The van der Waals surface area contributed by atoms with Crippen LogP contribution in [0.25, 0.3) is 0 Å². The van der Waals surface area contributed by atoms with E-state index in [9.17, 15) is 9.90 Å². The predicted molar refractivity (Wildman–Crippen MR) is 174 cm³/mol. The number of carboxylic acid groups (broad SMARTS) is 1. The standard InChI is InChI=1S/C35H33N3O6S/c1-41-21-22-42-25-43-30-19-17-26(18-20-30)23-44-38-32(33(39)40)31-24-45-34(36-31)37-35(27-11-5-2-6-12-27,28-13-7-3-8-14-28)29-15-9-4-10-16-29/h2-20,24H,21-23,25H2,1H3,(H,36,37)(H,39,40). The summed E-state index contributed by atoms with van der Waals surface area (Å²) in [5.41, 5.74) is 2.89. The van der Waals surface area contributed by atoms with E-state index in [4.69, 9.17) is 19.0 Å². The average molecular weight is 624 g/mol. The summed E-state index contributed by atoms with van der Waals surface area (Å²) in [5, 5.41) is 19.8. The average Bonchev–Trinajstić information content (AvgIpc) is 3.55. The Morgan fingerprint density at radius 1 is 0.844 bits per heavy atom. The molecule has 0 bridgehead atoms. The molecule has 2 N–H and O–H groups in total. The minimum atomic E-state index is -1.25. The number of aromatic nitrogens is 1. The Morgan fingerprint density at radius 3 is 1.96 bits per heavy atom. The van der Waals surface area contributed by atoms with Gasteiger partial charge in [0.1, 0.15) is 23.6 Å². The number of ether oxygens (including phenoxy) is 3. The van der Waals surface area contributed by atoms with Crippen molar-refractivity contribution in [3.63, 3.8) is 0 Å². The van der Waals surface area contributed by atoms with Gasteiger partial charge in [0.25, 0.3) is 0 Å². The molecule has 0 radical (unpaired) electrons. The number of hydrogen-bond donors (Lipinski definition) is 2. The van der Waals surface area contributed by atoms with Gasteiger partial charge in [0.05, 0.1) is 13.2 Å². The molecule has 0 aliphatic heterocycles. The SMILES string of the molecule is COCCOCOc1ccc(CON=C(C(=O)O)c2csc(NC(c3ccccc3)(c3ccccc3)c3ccccc3)n2)cc1. The number of nitrogens with zero attached hydrogens (tertiary/aromatic N) is 2. The highest BCUT2D eigenvalue weighted by Crippen LogP contribution is 2.40. The summed E-state index contributed by atoms with van der Waals surface area (Å²) in [4.78, 5) is 22.3. The largest absolute Gasteiger partial charge is 0.476 e. The Kier molecular flexibility index (Phi) is 10.9. The van der Waals surface area contributed by atoms with Gasteiger partial charge in [-0.15, -0.1) is 11.3 Å². The Morgan fingerprint density at radius 2 is 1.42 bits per heavy atom. The molecule has 0 saturated carbocycles. The van der Waals surface area contributed by atoms with Crippen LogP contribution in [0.5, 0.6) is 5.75 Å². The quantitative estimate of drug-likeness (QED) is 0.0419. The van der Waals surface area contributed by atoms with Gasteiger partial charge in [0, 0.05) is 12.5 Å². The van der Waals surface area contributed by atoms with E-state index < -0.39 is 11.5 Å². The van der Waals surface area contributed by atoms with Crippen molar-refractivity contribution in [3.05, 3.63) is 149 Å². The van der Waals surface area contributed by atoms with Crippen molar-refractivity contribution in [1.82, 2.24) is 4.98 Å². The van der Waals surface area contributed by atoms with E-state index in [0.29, 0.717) is 24.1 Å². The minimum Gasteiger partial charge on any atom is -0.476 e. The molecule has 0 aliphatic carbocycles. The molecule has 230 valence electrons. The Balaban J connectivity index is 1.35. The predicted octanol–water partition coefficient (Wildman–Crippen LogP) is 6.55. The summed E-state index contributed by atoms with van der Waals surface area (Å²) in [6, 6.07) is 37.5. The third kappa shape index (κ3) is 7.93. The number of rotatable bonds is 16. The van der Waals surface area contributed by atoms with E-state index in [0.717, 1.165) is 22.3 Å². The van der Waals surface area contributed by atoms with E-state index in [1.807, 2.05) is 66.7 Å². The molecule has 9 nitrogen and oxygen atoms in total. The van der Waals surface area contributed by atoms with E-state index in [1.54, 1.807) is 24.6 Å². The fourth-order valence-electron chi connectivity index (χ4n) is 4.74. The lowest BCUT2D eigenvalue weighted by Crippen LogP contribution is -2.38. The maximum absolute atomic E-state index is 12.2. The van der Waals surface area contributed by atoms with Gasteiger partial charge in [-0.2, -0.15) is 0 Å². The summed E-state index contributed by atoms with van der Waals surface area (Å²) in [6.07, 6.45) is 0. The normalized spacial score (nSPS) is 11.6. The van der Waals surface area contributed by atoms with Crippen molar-refractivity contribution in [1.29, 1.82) is 0 Å². The first-order chi connectivity index (χ1) is 22.1. The molecule has 0 saturated heterocycles. The second-order valence-corrected chi connectivity index (χ2v) is 10.7. The van der Waals surface area contributed by atoms with Crippen molar-refractivity contribution >= 4 is 28.1 Å². The highest BCUT2D eigenvalue weighted by Gasteiger charge is 2.37. The molecule has 0 fully saturated rings. The molecule has 0 amide bonds. The van der Waals surface area contributed by atoms with Crippen molar-refractivity contribution < 1.29 is 28.9 Å². The molecule has 1 heterocycles. The lowest BCUT2D eigenvalue weighted by molar-refractivity contribution is -0.129. The highest BCUT2D eigenvalue weighted by atomic mass is 32.1. The fraction of sp³-hybridized carbons (Fsp3) is 0.171. The zero-order valence-corrected chi connectivity index (χ0v) is 25.5. The molecule has 1 aromatic heterocycles. The summed E-state index contributed by atoms with van der Waals surface area (Å²) < 4.78 is 15.8. The molecule has 5 rings (SSSR count). The number of thiazole rings is 1. The number of carboxylic acids is 1. The number of hydrogen-bond acceptors (Lipinski definition) is 9. The molecule has 0 aliphatic rings. The molecule has 45 heavy (non-hydrogen) atoms. The van der Waals surface area contributed by atoms with Gasteiger partial charge in [0.15, 0.2) is 11.9 Å². The maximum atomic E-state index is 12.2. The molecule has 0 unspecified atom stereocenters. The number of oxime groups is 1. The van der Waals surface area contributed by atoms with E-state index >= 15 is 0 Å². The second-order valence-electron chi connectivity index (χ2n) is 9.84. The van der Waals surface area contributed by atoms with Crippen LogP contribution in [0, 0.1) is 0 Å². The third-order valence-corrected chi connectivity index (χ3v) is 7.67. The van der Waals surface area contributed by atoms with Crippen LogP contribution in [-0.2, 0) is 31.3 Å². The van der Waals surface area contributed by atoms with Gasteiger partial charge in [-0.1, -0.05) is 108 Å². The summed E-state index contributed by atoms with van der Waals surface area (Å²) in [5.74, 6) is -0.615. The first kappa shape index (κ1) is 31.4. The topological polar surface area (TPSA) is 112 Å². The number of methoxy groups -OCH3 is 1. The van der Waals surface area contributed by atoms with Crippen LogP contribution in [0.1, 0.15) is 27.9 Å². The Labute approximate surface area is 265 Å². The molecule has 0 atom stereocenters. The van der Waals surface area contributed by atoms with Crippen LogP contribution < -0.4 is 10.1 Å². The number of benzene rings is 4. The monoisotopic (exact) mass is 623 g/mol. The van der Waals surface area contributed by atoms with Crippen LogP contribution in [-0.4, -0.2) is 48.9 Å². The number of aliphatic carboxylic acids is 1. The van der Waals surface area contributed by atoms with E-state index in [2.05, 4.69) is 51.9 Å². The molecule has 0 spiro atoms. The number of nitrogens with one attached hydrogen (secondary N) is 1. The lowest BCUT2D eigenvalue weighted by atomic mass is 9.77. The third-order valence-electron chi connectivity index (χ3n) is 6.92. The second kappa shape index (κ2) is 15.6. The summed E-state index contributed by atoms with van der Waals surface area (Å²) in [6.45, 7) is 1.11. The van der Waals surface area contributed by atoms with Crippen molar-refractivity contribution in [2.75, 3.05) is 32.4 Å². The minimum absolute atomic E-state index is 0.0653. The van der Waals surface area contributed by atoms with Gasteiger partial charge < -0.3 is 29.5 Å². The van der Waals surface area contributed by atoms with Crippen LogP contribution in [0.2, 0.25) is 0 Å². The molecule has 10 heteroatoms. The lowest BCUT2D eigenvalue weighted by Gasteiger charge is -2.36. The first-order valence-corrected chi connectivity index (χ1v) is 15.1. The van der Waals surface area contributed by atoms with Gasteiger partial charge >= 0.3 is 5.97 Å². The van der Waals surface area contributed by atoms with Crippen molar-refractivity contribution in [2.24, 2.45) is 5.16 Å². The van der Waals surface area contributed by atoms with Crippen molar-refractivity contribution in [2.45, 2.75) is 12.1 Å². The fourth-order valence-corrected chi connectivity index (χ4v) is 5.49. The molecular formula is C35H33N3O6S. The van der Waals surface area contributed by atoms with Crippen LogP contribution >= 0.6 is 11.3 Å². The van der Waals surface area contributed by atoms with Gasteiger partial charge in [0.2, 0.25) is 5.71 Å². The maximum Gasteiger partial charge on any atom is 0.360 e. The van der Waals surface area contributed by atoms with Gasteiger partial charge in [-0.3, -0.25) is 0 Å². The first-order valence-electron chi connectivity index (χ1n) is 14.2. The Hall–Kier alpha value is -5.03. The highest BCUT2D eigenvalue weighted by molar-refractivity contribution is 7.14. The zero-order valence-electron chi connectivity index (χ0n) is 24.7. The van der Waals surface area contributed by atoms with Crippen molar-refractivity contribution in [3.8, 4) is 5.75 Å². The zero-order chi connectivity index (χ0) is 31.3. The van der Waals surface area contributed by atoms with Crippen LogP contribution in [0.4, 0.5) is 5.13 Å². The number of anilines is 1. The smallest absolute Gasteiger partial charge is 0.360 e. The van der Waals surface area contributed by atoms with Crippen LogP contribution in [0.15, 0.2) is 126 Å². The molecular weight excluding hydrogens is 590 g/mol. The van der Waals surface area contributed by atoms with E-state index in [-0.39, 0.29) is 24.8 Å². The van der Waals surface area contributed by atoms with Gasteiger partial charge in [-0.05, 0) is 34.4 Å². The summed E-state index contributed by atoms with van der Waals surface area (Å²) >= 11 is 1.30.